The van der Waals surface area contributed by atoms with Crippen LogP contribution in [0.15, 0.2) is 24.3 Å². The highest BCUT2D eigenvalue weighted by molar-refractivity contribution is 5.90. The third-order valence-electron chi connectivity index (χ3n) is 4.00. The second-order valence-corrected chi connectivity index (χ2v) is 6.05. The summed E-state index contributed by atoms with van der Waals surface area (Å²) in [7, 11) is 1.37. The molecule has 1 aromatic rings. The maximum Gasteiger partial charge on any atom is 0.337 e. The minimum absolute atomic E-state index is 0.0978. The summed E-state index contributed by atoms with van der Waals surface area (Å²) in [4.78, 5) is 25.4. The Labute approximate surface area is 137 Å². The Morgan fingerprint density at radius 2 is 2.09 bits per heavy atom. The van der Waals surface area contributed by atoms with Gasteiger partial charge in [-0.1, -0.05) is 6.07 Å². The number of methoxy groups -OCH3 is 1. The van der Waals surface area contributed by atoms with Crippen molar-refractivity contribution in [3.8, 4) is 0 Å². The fourth-order valence-electron chi connectivity index (χ4n) is 2.77. The van der Waals surface area contributed by atoms with Crippen LogP contribution in [0, 0.1) is 0 Å². The minimum Gasteiger partial charge on any atom is -0.465 e. The highest BCUT2D eigenvalue weighted by Crippen LogP contribution is 2.18. The van der Waals surface area contributed by atoms with Gasteiger partial charge in [0.25, 0.3) is 0 Å². The minimum atomic E-state index is -0.343. The van der Waals surface area contributed by atoms with E-state index in [-0.39, 0.29) is 17.9 Å². The van der Waals surface area contributed by atoms with E-state index in [1.54, 1.807) is 12.1 Å². The van der Waals surface area contributed by atoms with Crippen LogP contribution in [0.2, 0.25) is 0 Å². The van der Waals surface area contributed by atoms with Crippen molar-refractivity contribution in [3.63, 3.8) is 0 Å². The van der Waals surface area contributed by atoms with Gasteiger partial charge in [-0.05, 0) is 38.0 Å². The number of likely N-dealkylation sites (tertiary alicyclic amines) is 1. The van der Waals surface area contributed by atoms with Crippen molar-refractivity contribution in [1.29, 1.82) is 0 Å². The second kappa shape index (κ2) is 7.97. The summed E-state index contributed by atoms with van der Waals surface area (Å²) in [5, 5.41) is 3.43. The first kappa shape index (κ1) is 17.3. The fourth-order valence-corrected chi connectivity index (χ4v) is 2.77. The largest absolute Gasteiger partial charge is 0.465 e. The van der Waals surface area contributed by atoms with Crippen LogP contribution in [0.25, 0.3) is 0 Å². The molecule has 2 rings (SSSR count). The number of esters is 1. The Kier molecular flexibility index (Phi) is 5.98. The molecule has 0 spiro atoms. The third kappa shape index (κ3) is 4.96. The van der Waals surface area contributed by atoms with E-state index in [4.69, 9.17) is 10.5 Å². The molecule has 0 aromatic heterocycles. The lowest BCUT2D eigenvalue weighted by Crippen LogP contribution is -2.43. The van der Waals surface area contributed by atoms with Crippen molar-refractivity contribution in [2.24, 2.45) is 5.73 Å². The zero-order valence-electron chi connectivity index (χ0n) is 13.7. The molecule has 0 aliphatic carbocycles. The highest BCUT2D eigenvalue weighted by atomic mass is 16.5. The molecule has 0 saturated carbocycles. The first-order chi connectivity index (χ1) is 11.0. The Balaban J connectivity index is 1.87. The van der Waals surface area contributed by atoms with Gasteiger partial charge < -0.3 is 20.7 Å². The van der Waals surface area contributed by atoms with E-state index in [1.165, 1.54) is 7.11 Å². The number of nitrogens with two attached hydrogens (primary N) is 1. The van der Waals surface area contributed by atoms with Gasteiger partial charge in [-0.25, -0.2) is 4.79 Å². The van der Waals surface area contributed by atoms with E-state index >= 15 is 0 Å². The van der Waals surface area contributed by atoms with E-state index in [0.29, 0.717) is 18.0 Å². The van der Waals surface area contributed by atoms with Crippen molar-refractivity contribution in [1.82, 2.24) is 4.90 Å². The van der Waals surface area contributed by atoms with Gasteiger partial charge in [0.05, 0.1) is 12.7 Å². The number of rotatable bonds is 5. The number of ether oxygens (including phenoxy) is 1. The third-order valence-corrected chi connectivity index (χ3v) is 4.00. The number of hydrogen-bond acceptors (Lipinski definition) is 5. The molecule has 1 amide bonds. The van der Waals surface area contributed by atoms with E-state index in [2.05, 4.69) is 5.32 Å². The number of anilines is 1. The van der Waals surface area contributed by atoms with Gasteiger partial charge in [-0.15, -0.1) is 0 Å². The fraction of sp³-hybridized carbons (Fsp3) is 0.529. The smallest absolute Gasteiger partial charge is 0.337 e. The number of carbonyl (C=O) groups is 2. The van der Waals surface area contributed by atoms with Crippen LogP contribution in [0.3, 0.4) is 0 Å². The molecular formula is C17H25N3O3. The maximum absolute atomic E-state index is 12.0. The monoisotopic (exact) mass is 319 g/mol. The summed E-state index contributed by atoms with van der Waals surface area (Å²) in [6.45, 7) is 3.32. The van der Waals surface area contributed by atoms with Crippen molar-refractivity contribution >= 4 is 17.6 Å². The normalized spacial score (nSPS) is 16.7. The number of carbonyl (C=O) groups excluding carboxylic acids is 2. The molecule has 126 valence electrons. The Bertz CT molecular complexity index is 552. The van der Waals surface area contributed by atoms with Crippen molar-refractivity contribution in [2.75, 3.05) is 25.5 Å². The van der Waals surface area contributed by atoms with Crippen molar-refractivity contribution < 1.29 is 14.3 Å². The molecule has 1 saturated heterocycles. The van der Waals surface area contributed by atoms with E-state index in [1.807, 2.05) is 24.0 Å². The van der Waals surface area contributed by atoms with Gasteiger partial charge in [-0.3, -0.25) is 4.79 Å². The molecule has 1 aliphatic heterocycles. The lowest BCUT2D eigenvalue weighted by atomic mass is 10.0. The van der Waals surface area contributed by atoms with Crippen LogP contribution < -0.4 is 11.1 Å². The average molecular weight is 319 g/mol. The molecule has 1 heterocycles. The standard InChI is InChI=1S/C17H25N3O3/c1-12(18)10-16(21)20-8-6-14(7-9-20)19-15-5-3-4-13(11-15)17(22)23-2/h3-5,11-12,14,19H,6-10,18H2,1-2H3. The van der Waals surface area contributed by atoms with Gasteiger partial charge in [0.15, 0.2) is 0 Å². The topological polar surface area (TPSA) is 84.7 Å². The summed E-state index contributed by atoms with van der Waals surface area (Å²) in [5.41, 5.74) is 7.11. The number of piperidine rings is 1. The lowest BCUT2D eigenvalue weighted by Gasteiger charge is -2.33. The Morgan fingerprint density at radius 3 is 2.70 bits per heavy atom. The van der Waals surface area contributed by atoms with E-state index < -0.39 is 0 Å². The zero-order chi connectivity index (χ0) is 16.8. The molecule has 0 radical (unpaired) electrons. The van der Waals surface area contributed by atoms with Gasteiger partial charge >= 0.3 is 5.97 Å². The number of nitrogens with one attached hydrogen (secondary N) is 1. The first-order valence-electron chi connectivity index (χ1n) is 7.98. The zero-order valence-corrected chi connectivity index (χ0v) is 13.7. The number of benzene rings is 1. The molecule has 1 aliphatic rings. The SMILES string of the molecule is COC(=O)c1cccc(NC2CCN(C(=O)CC(C)N)CC2)c1. The van der Waals surface area contributed by atoms with E-state index in [0.717, 1.165) is 31.6 Å². The quantitative estimate of drug-likeness (QED) is 0.806. The average Bonchev–Trinajstić information content (AvgIpc) is 2.54. The summed E-state index contributed by atoms with van der Waals surface area (Å²) < 4.78 is 4.73. The number of hydrogen-bond donors (Lipinski definition) is 2. The molecule has 1 fully saturated rings. The van der Waals surface area contributed by atoms with Gasteiger partial charge in [-0.2, -0.15) is 0 Å². The second-order valence-electron chi connectivity index (χ2n) is 6.05. The molecule has 23 heavy (non-hydrogen) atoms. The van der Waals surface area contributed by atoms with Crippen molar-refractivity contribution in [3.05, 3.63) is 29.8 Å². The molecule has 1 atom stereocenters. The molecule has 3 N–H and O–H groups in total. The predicted octanol–water partition coefficient (Wildman–Crippen LogP) is 1.61. The van der Waals surface area contributed by atoms with Gasteiger partial charge in [0, 0.05) is 37.3 Å². The first-order valence-corrected chi connectivity index (χ1v) is 7.98. The van der Waals surface area contributed by atoms with Crippen LogP contribution in [0.5, 0.6) is 0 Å². The molecule has 0 bridgehead atoms. The van der Waals surface area contributed by atoms with Crippen LogP contribution in [-0.4, -0.2) is 49.1 Å². The molecule has 1 aromatic carbocycles. The molecule has 1 unspecified atom stereocenters. The van der Waals surface area contributed by atoms with Crippen molar-refractivity contribution in [2.45, 2.75) is 38.3 Å². The Morgan fingerprint density at radius 1 is 1.39 bits per heavy atom. The summed E-state index contributed by atoms with van der Waals surface area (Å²) >= 11 is 0. The van der Waals surface area contributed by atoms with Crippen LogP contribution in [-0.2, 0) is 9.53 Å². The summed E-state index contributed by atoms with van der Waals surface area (Å²) in [6.07, 6.45) is 2.17. The van der Waals surface area contributed by atoms with Gasteiger partial charge in [0.1, 0.15) is 0 Å². The van der Waals surface area contributed by atoms with E-state index in [9.17, 15) is 9.59 Å². The summed E-state index contributed by atoms with van der Waals surface area (Å²) in [6, 6.07) is 7.48. The number of nitrogens with zero attached hydrogens (tertiary/aromatic N) is 1. The maximum atomic E-state index is 12.0. The molecule has 6 heteroatoms. The highest BCUT2D eigenvalue weighted by Gasteiger charge is 2.23. The Hall–Kier alpha value is -2.08. The molecule has 6 nitrogen and oxygen atoms in total. The van der Waals surface area contributed by atoms with Crippen LogP contribution >= 0.6 is 0 Å². The van der Waals surface area contributed by atoms with Gasteiger partial charge in [0.2, 0.25) is 5.91 Å². The summed E-state index contributed by atoms with van der Waals surface area (Å²) in [5.74, 6) is -0.212. The predicted molar refractivity (Wildman–Crippen MR) is 89.3 cm³/mol. The van der Waals surface area contributed by atoms with Crippen LogP contribution in [0.4, 0.5) is 5.69 Å². The lowest BCUT2D eigenvalue weighted by molar-refractivity contribution is -0.132. The number of amides is 1. The van der Waals surface area contributed by atoms with Crippen LogP contribution in [0.1, 0.15) is 36.5 Å². The molecular weight excluding hydrogens is 294 g/mol.